The average molecular weight is 308 g/mol. The number of para-hydroxylation sites is 1. The lowest BCUT2D eigenvalue weighted by Gasteiger charge is -1.99. The lowest BCUT2D eigenvalue weighted by Crippen LogP contribution is -2.17. The van der Waals surface area contributed by atoms with Crippen molar-refractivity contribution in [2.75, 3.05) is 0 Å². The fourth-order valence-electron chi connectivity index (χ4n) is 2.15. The van der Waals surface area contributed by atoms with Gasteiger partial charge in [0.15, 0.2) is 0 Å². The number of aromatic amines is 1. The number of H-pyrrole nitrogens is 1. The molecule has 0 bridgehead atoms. The van der Waals surface area contributed by atoms with Crippen LogP contribution in [0.15, 0.2) is 59.7 Å². The molecule has 0 atom stereocenters. The second kappa shape index (κ2) is 6.10. The maximum atomic E-state index is 11.9. The van der Waals surface area contributed by atoms with E-state index in [4.69, 9.17) is 0 Å². The number of carbonyl (C=O) groups excluding carboxylic acids is 1. The van der Waals surface area contributed by atoms with Gasteiger partial charge in [0.1, 0.15) is 0 Å². The van der Waals surface area contributed by atoms with E-state index in [1.54, 1.807) is 0 Å². The highest BCUT2D eigenvalue weighted by Gasteiger charge is 2.10. The van der Waals surface area contributed by atoms with Gasteiger partial charge in [-0.1, -0.05) is 24.3 Å². The largest absolute Gasteiger partial charge is 0.354 e. The zero-order valence-corrected chi connectivity index (χ0v) is 11.9. The van der Waals surface area contributed by atoms with Gasteiger partial charge in [-0.25, -0.2) is 5.43 Å². The number of hydrogen-bond donors (Lipinski definition) is 2. The van der Waals surface area contributed by atoms with Gasteiger partial charge in [0.2, 0.25) is 0 Å². The van der Waals surface area contributed by atoms with Gasteiger partial charge < -0.3 is 4.98 Å². The summed E-state index contributed by atoms with van der Waals surface area (Å²) in [7, 11) is 0. The fourth-order valence-corrected chi connectivity index (χ4v) is 2.15. The molecule has 0 unspecified atom stereocenters. The van der Waals surface area contributed by atoms with Gasteiger partial charge in [0.25, 0.3) is 11.6 Å². The van der Waals surface area contributed by atoms with E-state index in [0.717, 1.165) is 16.6 Å². The molecule has 7 nitrogen and oxygen atoms in total. The van der Waals surface area contributed by atoms with Crippen LogP contribution in [0.4, 0.5) is 5.69 Å². The van der Waals surface area contributed by atoms with Crippen molar-refractivity contribution >= 4 is 28.7 Å². The van der Waals surface area contributed by atoms with E-state index in [9.17, 15) is 14.9 Å². The van der Waals surface area contributed by atoms with Crippen LogP contribution in [0.2, 0.25) is 0 Å². The van der Waals surface area contributed by atoms with Gasteiger partial charge in [0.05, 0.1) is 16.8 Å². The minimum Gasteiger partial charge on any atom is -0.354 e. The molecule has 2 N–H and O–H groups in total. The number of hydrogen-bond acceptors (Lipinski definition) is 4. The molecule has 0 radical (unpaired) electrons. The van der Waals surface area contributed by atoms with Crippen LogP contribution in [0.3, 0.4) is 0 Å². The van der Waals surface area contributed by atoms with Crippen LogP contribution in [-0.2, 0) is 0 Å². The number of rotatable bonds is 4. The highest BCUT2D eigenvalue weighted by Crippen LogP contribution is 2.14. The first-order valence-electron chi connectivity index (χ1n) is 6.79. The van der Waals surface area contributed by atoms with Crippen LogP contribution < -0.4 is 5.43 Å². The predicted molar refractivity (Wildman–Crippen MR) is 86.5 cm³/mol. The van der Waals surface area contributed by atoms with Crippen molar-refractivity contribution in [1.82, 2.24) is 10.4 Å². The number of nitro benzene ring substituents is 1. The first-order chi connectivity index (χ1) is 11.1. The van der Waals surface area contributed by atoms with Crippen molar-refractivity contribution in [2.24, 2.45) is 5.10 Å². The molecule has 3 aromatic rings. The van der Waals surface area contributed by atoms with Crippen LogP contribution >= 0.6 is 0 Å². The first kappa shape index (κ1) is 14.5. The van der Waals surface area contributed by atoms with Crippen molar-refractivity contribution < 1.29 is 9.72 Å². The van der Waals surface area contributed by atoms with E-state index < -0.39 is 10.8 Å². The molecule has 0 aliphatic rings. The molecule has 2 aromatic carbocycles. The molecule has 1 aromatic heterocycles. The predicted octanol–water partition coefficient (Wildman–Crippen LogP) is 2.84. The van der Waals surface area contributed by atoms with Gasteiger partial charge in [0, 0.05) is 28.6 Å². The number of non-ortho nitro benzene ring substituents is 1. The third-order valence-corrected chi connectivity index (χ3v) is 3.24. The molecule has 1 heterocycles. The molecule has 0 fully saturated rings. The summed E-state index contributed by atoms with van der Waals surface area (Å²) >= 11 is 0. The molecule has 0 saturated carbocycles. The maximum absolute atomic E-state index is 11.9. The summed E-state index contributed by atoms with van der Waals surface area (Å²) in [4.78, 5) is 25.2. The Bertz CT molecular complexity index is 881. The second-order valence-corrected chi connectivity index (χ2v) is 4.82. The van der Waals surface area contributed by atoms with Crippen LogP contribution in [0.5, 0.6) is 0 Å². The third-order valence-electron chi connectivity index (χ3n) is 3.24. The van der Waals surface area contributed by atoms with Crippen molar-refractivity contribution in [3.8, 4) is 0 Å². The lowest BCUT2D eigenvalue weighted by atomic mass is 10.2. The van der Waals surface area contributed by atoms with Crippen LogP contribution in [0, 0.1) is 10.1 Å². The number of hydrazone groups is 1. The molecule has 1 amide bonds. The van der Waals surface area contributed by atoms with Gasteiger partial charge in [-0.2, -0.15) is 5.10 Å². The minimum atomic E-state index is -0.551. The highest BCUT2D eigenvalue weighted by molar-refractivity contribution is 5.96. The summed E-state index contributed by atoms with van der Waals surface area (Å²) < 4.78 is 0. The molecular weight excluding hydrogens is 296 g/mol. The molecule has 0 saturated heterocycles. The van der Waals surface area contributed by atoms with Crippen molar-refractivity contribution in [2.45, 2.75) is 0 Å². The Kier molecular flexibility index (Phi) is 3.84. The molecule has 0 aliphatic heterocycles. The molecule has 23 heavy (non-hydrogen) atoms. The highest BCUT2D eigenvalue weighted by atomic mass is 16.6. The van der Waals surface area contributed by atoms with Crippen molar-refractivity contribution in [3.63, 3.8) is 0 Å². The Morgan fingerprint density at radius 3 is 2.78 bits per heavy atom. The van der Waals surface area contributed by atoms with E-state index in [2.05, 4.69) is 15.5 Å². The number of benzene rings is 2. The Labute approximate surface area is 130 Å². The molecule has 114 valence electrons. The van der Waals surface area contributed by atoms with Crippen molar-refractivity contribution in [1.29, 1.82) is 0 Å². The monoisotopic (exact) mass is 308 g/mol. The Morgan fingerprint density at radius 1 is 1.17 bits per heavy atom. The number of fused-ring (bicyclic) bond motifs is 1. The fraction of sp³-hybridized carbons (Fsp3) is 0. The summed E-state index contributed by atoms with van der Waals surface area (Å²) in [6.07, 6.45) is 1.48. The maximum Gasteiger partial charge on any atom is 0.271 e. The summed E-state index contributed by atoms with van der Waals surface area (Å²) in [5, 5.41) is 15.6. The number of nitrogens with zero attached hydrogens (tertiary/aromatic N) is 2. The van der Waals surface area contributed by atoms with Gasteiger partial charge in [-0.05, 0) is 18.2 Å². The van der Waals surface area contributed by atoms with E-state index in [1.807, 2.05) is 30.3 Å². The molecule has 0 spiro atoms. The third kappa shape index (κ3) is 3.24. The molecule has 7 heteroatoms. The Balaban J connectivity index is 1.70. The Morgan fingerprint density at radius 2 is 2.00 bits per heavy atom. The minimum absolute atomic E-state index is 0.141. The standard InChI is InChI=1S/C16H12N4O3/c21-16(12-5-3-6-14(9-12)20(22)23)19-17-10-13-8-11-4-1-2-7-15(11)18-13/h1-10,18H,(H,19,21)/b17-10+. The summed E-state index contributed by atoms with van der Waals surface area (Å²) in [6.45, 7) is 0. The number of amides is 1. The van der Waals surface area contributed by atoms with E-state index in [0.29, 0.717) is 0 Å². The zero-order valence-electron chi connectivity index (χ0n) is 11.9. The van der Waals surface area contributed by atoms with Crippen molar-refractivity contribution in [3.05, 3.63) is 76.0 Å². The SMILES string of the molecule is O=C(N/N=C/c1cc2ccccc2[nH]1)c1cccc([N+](=O)[O-])c1. The second-order valence-electron chi connectivity index (χ2n) is 4.82. The zero-order chi connectivity index (χ0) is 16.2. The van der Waals surface area contributed by atoms with Crippen LogP contribution in [0.1, 0.15) is 16.1 Å². The number of aromatic nitrogens is 1. The molecule has 3 rings (SSSR count). The number of nitrogens with one attached hydrogen (secondary N) is 2. The van der Waals surface area contributed by atoms with Crippen LogP contribution in [-0.4, -0.2) is 22.0 Å². The molecule has 0 aliphatic carbocycles. The van der Waals surface area contributed by atoms with Gasteiger partial charge >= 0.3 is 0 Å². The topological polar surface area (TPSA) is 100 Å². The summed E-state index contributed by atoms with van der Waals surface area (Å²) in [5.41, 5.74) is 4.09. The number of carbonyl (C=O) groups is 1. The smallest absolute Gasteiger partial charge is 0.271 e. The van der Waals surface area contributed by atoms with Gasteiger partial charge in [-0.15, -0.1) is 0 Å². The number of nitro groups is 1. The molecular formula is C16H12N4O3. The Hall–Kier alpha value is -3.48. The van der Waals surface area contributed by atoms with Gasteiger partial charge in [-0.3, -0.25) is 14.9 Å². The summed E-state index contributed by atoms with van der Waals surface area (Å²) in [5.74, 6) is -0.513. The average Bonchev–Trinajstić information content (AvgIpc) is 2.97. The normalized spacial score (nSPS) is 11.0. The first-order valence-corrected chi connectivity index (χ1v) is 6.79. The lowest BCUT2D eigenvalue weighted by molar-refractivity contribution is -0.384. The van der Waals surface area contributed by atoms with Crippen LogP contribution in [0.25, 0.3) is 10.9 Å². The van der Waals surface area contributed by atoms with E-state index >= 15 is 0 Å². The van der Waals surface area contributed by atoms with E-state index in [-0.39, 0.29) is 11.3 Å². The quantitative estimate of drug-likeness (QED) is 0.440. The van der Waals surface area contributed by atoms with E-state index in [1.165, 1.54) is 30.5 Å². The summed E-state index contributed by atoms with van der Waals surface area (Å²) in [6, 6.07) is 15.1.